The lowest BCUT2D eigenvalue weighted by Gasteiger charge is -2.32. The summed E-state index contributed by atoms with van der Waals surface area (Å²) in [5.41, 5.74) is 0. The fourth-order valence-corrected chi connectivity index (χ4v) is 2.04. The number of piperazine rings is 1. The Morgan fingerprint density at radius 3 is 2.21 bits per heavy atom. The van der Waals surface area contributed by atoms with Gasteiger partial charge in [-0.3, -0.25) is 0 Å². The minimum Gasteiger partial charge on any atom is -0.304 e. The molecule has 1 saturated heterocycles. The molecule has 0 spiro atoms. The first-order valence-corrected chi connectivity index (χ1v) is 6.33. The zero-order valence-corrected chi connectivity index (χ0v) is 10.1. The first-order chi connectivity index (χ1) is 6.83. The maximum atomic E-state index is 5.63. The monoisotopic (exact) mass is 218 g/mol. The van der Waals surface area contributed by atoms with E-state index in [2.05, 4.69) is 16.8 Å². The van der Waals surface area contributed by atoms with E-state index >= 15 is 0 Å². The van der Waals surface area contributed by atoms with Gasteiger partial charge in [0.2, 0.25) is 0 Å². The smallest absolute Gasteiger partial charge is 0.0223 e. The molecule has 14 heavy (non-hydrogen) atoms. The van der Waals surface area contributed by atoms with Crippen molar-refractivity contribution in [2.75, 3.05) is 45.7 Å². The van der Waals surface area contributed by atoms with Crippen molar-refractivity contribution in [3.63, 3.8) is 0 Å². The van der Waals surface area contributed by atoms with E-state index in [4.69, 9.17) is 11.6 Å². The van der Waals surface area contributed by atoms with Crippen LogP contribution >= 0.6 is 11.6 Å². The fraction of sp³-hybridized carbons (Fsp3) is 1.00. The Morgan fingerprint density at radius 2 is 1.57 bits per heavy atom. The highest BCUT2D eigenvalue weighted by Crippen LogP contribution is 2.05. The highest BCUT2D eigenvalue weighted by Gasteiger charge is 2.12. The third kappa shape index (κ3) is 5.18. The van der Waals surface area contributed by atoms with Crippen LogP contribution in [0.3, 0.4) is 0 Å². The van der Waals surface area contributed by atoms with Gasteiger partial charge < -0.3 is 9.80 Å². The van der Waals surface area contributed by atoms with Crippen LogP contribution in [-0.4, -0.2) is 55.5 Å². The van der Waals surface area contributed by atoms with Gasteiger partial charge in [0.15, 0.2) is 0 Å². The molecule has 0 aromatic carbocycles. The van der Waals surface area contributed by atoms with Crippen LogP contribution in [0.1, 0.15) is 25.7 Å². The van der Waals surface area contributed by atoms with Crippen molar-refractivity contribution in [3.8, 4) is 0 Å². The lowest BCUT2D eigenvalue weighted by atomic mass is 10.2. The molecule has 1 rings (SSSR count). The second-order valence-corrected chi connectivity index (χ2v) is 4.63. The zero-order chi connectivity index (χ0) is 10.2. The van der Waals surface area contributed by atoms with Crippen molar-refractivity contribution in [2.45, 2.75) is 25.7 Å². The van der Waals surface area contributed by atoms with E-state index in [0.717, 1.165) is 5.88 Å². The van der Waals surface area contributed by atoms with Crippen molar-refractivity contribution in [1.29, 1.82) is 0 Å². The van der Waals surface area contributed by atoms with Gasteiger partial charge in [-0.05, 0) is 26.4 Å². The predicted octanol–water partition coefficient (Wildman–Crippen LogP) is 2.03. The average Bonchev–Trinajstić information content (AvgIpc) is 2.21. The van der Waals surface area contributed by atoms with Crippen LogP contribution in [0.15, 0.2) is 0 Å². The molecule has 0 atom stereocenters. The molecule has 0 aromatic heterocycles. The molecule has 0 aliphatic carbocycles. The Balaban J connectivity index is 1.91. The largest absolute Gasteiger partial charge is 0.304 e. The second-order valence-electron chi connectivity index (χ2n) is 4.25. The Kier molecular flexibility index (Phi) is 6.57. The molecule has 0 N–H and O–H groups in total. The summed E-state index contributed by atoms with van der Waals surface area (Å²) >= 11 is 5.63. The molecule has 0 amide bonds. The van der Waals surface area contributed by atoms with E-state index in [-0.39, 0.29) is 0 Å². The maximum Gasteiger partial charge on any atom is 0.0223 e. The van der Waals surface area contributed by atoms with Crippen molar-refractivity contribution in [2.24, 2.45) is 0 Å². The number of alkyl halides is 1. The lowest BCUT2D eigenvalue weighted by molar-refractivity contribution is 0.152. The molecule has 2 nitrogen and oxygen atoms in total. The second kappa shape index (κ2) is 7.49. The van der Waals surface area contributed by atoms with Crippen LogP contribution in [0.25, 0.3) is 0 Å². The molecule has 1 aliphatic heterocycles. The summed E-state index contributed by atoms with van der Waals surface area (Å²) in [5.74, 6) is 0.828. The van der Waals surface area contributed by atoms with Crippen LogP contribution in [0.2, 0.25) is 0 Å². The molecular formula is C11H23ClN2. The minimum absolute atomic E-state index is 0.828. The summed E-state index contributed by atoms with van der Waals surface area (Å²) in [6, 6.07) is 0. The van der Waals surface area contributed by atoms with E-state index in [1.165, 1.54) is 58.4 Å². The molecule has 1 heterocycles. The van der Waals surface area contributed by atoms with Crippen LogP contribution < -0.4 is 0 Å². The van der Waals surface area contributed by atoms with E-state index in [1.807, 2.05) is 0 Å². The van der Waals surface area contributed by atoms with E-state index in [1.54, 1.807) is 0 Å². The fourth-order valence-electron chi connectivity index (χ4n) is 1.85. The highest BCUT2D eigenvalue weighted by molar-refractivity contribution is 6.17. The van der Waals surface area contributed by atoms with Crippen molar-refractivity contribution in [3.05, 3.63) is 0 Å². The molecule has 0 saturated carbocycles. The zero-order valence-electron chi connectivity index (χ0n) is 9.34. The minimum atomic E-state index is 0.828. The van der Waals surface area contributed by atoms with E-state index < -0.39 is 0 Å². The van der Waals surface area contributed by atoms with Crippen LogP contribution in [0.4, 0.5) is 0 Å². The van der Waals surface area contributed by atoms with Gasteiger partial charge in [0.1, 0.15) is 0 Å². The van der Waals surface area contributed by atoms with Gasteiger partial charge >= 0.3 is 0 Å². The average molecular weight is 219 g/mol. The molecule has 3 heteroatoms. The Hall–Kier alpha value is 0.210. The maximum absolute atomic E-state index is 5.63. The number of unbranched alkanes of at least 4 members (excludes halogenated alkanes) is 3. The summed E-state index contributed by atoms with van der Waals surface area (Å²) in [4.78, 5) is 4.99. The first kappa shape index (κ1) is 12.3. The number of likely N-dealkylation sites (N-methyl/N-ethyl adjacent to an activating group) is 1. The van der Waals surface area contributed by atoms with Crippen LogP contribution in [0, 0.1) is 0 Å². The third-order valence-corrected chi connectivity index (χ3v) is 3.22. The van der Waals surface area contributed by atoms with Crippen LogP contribution in [-0.2, 0) is 0 Å². The van der Waals surface area contributed by atoms with Crippen molar-refractivity contribution < 1.29 is 0 Å². The normalized spacial score (nSPS) is 20.1. The summed E-state index contributed by atoms with van der Waals surface area (Å²) in [5, 5.41) is 0. The molecule has 0 radical (unpaired) electrons. The van der Waals surface area contributed by atoms with Crippen LogP contribution in [0.5, 0.6) is 0 Å². The number of halogens is 1. The van der Waals surface area contributed by atoms with Gasteiger partial charge in [0.25, 0.3) is 0 Å². The summed E-state index contributed by atoms with van der Waals surface area (Å²) in [6.45, 7) is 6.28. The van der Waals surface area contributed by atoms with Crippen molar-refractivity contribution in [1.82, 2.24) is 9.80 Å². The van der Waals surface area contributed by atoms with Gasteiger partial charge in [0.05, 0.1) is 0 Å². The summed E-state index contributed by atoms with van der Waals surface area (Å²) in [6.07, 6.45) is 5.18. The number of nitrogens with zero attached hydrogens (tertiary/aromatic N) is 2. The molecule has 1 aliphatic rings. The number of hydrogen-bond donors (Lipinski definition) is 0. The Labute approximate surface area is 93.2 Å². The van der Waals surface area contributed by atoms with Gasteiger partial charge in [-0.1, -0.05) is 12.8 Å². The quantitative estimate of drug-likeness (QED) is 0.497. The van der Waals surface area contributed by atoms with Gasteiger partial charge in [-0.15, -0.1) is 11.6 Å². The topological polar surface area (TPSA) is 6.48 Å². The van der Waals surface area contributed by atoms with Gasteiger partial charge in [0, 0.05) is 32.1 Å². The summed E-state index contributed by atoms with van der Waals surface area (Å²) < 4.78 is 0. The van der Waals surface area contributed by atoms with E-state index in [9.17, 15) is 0 Å². The highest BCUT2D eigenvalue weighted by atomic mass is 35.5. The SMILES string of the molecule is CN1CCN(CCCCCCCl)CC1. The molecule has 0 bridgehead atoms. The van der Waals surface area contributed by atoms with Crippen molar-refractivity contribution >= 4 is 11.6 Å². The predicted molar refractivity (Wildman–Crippen MR) is 63.1 cm³/mol. The molecule has 0 unspecified atom stereocenters. The summed E-state index contributed by atoms with van der Waals surface area (Å²) in [7, 11) is 2.21. The number of hydrogen-bond acceptors (Lipinski definition) is 2. The Morgan fingerprint density at radius 1 is 0.929 bits per heavy atom. The molecule has 84 valence electrons. The third-order valence-electron chi connectivity index (χ3n) is 2.95. The lowest BCUT2D eigenvalue weighted by Crippen LogP contribution is -2.44. The standard InChI is InChI=1S/C11H23ClN2/c1-13-8-10-14(11-9-13)7-5-3-2-4-6-12/h2-11H2,1H3. The molecule has 0 aromatic rings. The first-order valence-electron chi connectivity index (χ1n) is 5.80. The van der Waals surface area contributed by atoms with Gasteiger partial charge in [-0.2, -0.15) is 0 Å². The van der Waals surface area contributed by atoms with Gasteiger partial charge in [-0.25, -0.2) is 0 Å². The van der Waals surface area contributed by atoms with E-state index in [0.29, 0.717) is 0 Å². The molecular weight excluding hydrogens is 196 g/mol. The number of rotatable bonds is 6. The Bertz CT molecular complexity index is 133. The molecule has 1 fully saturated rings.